The lowest BCUT2D eigenvalue weighted by atomic mass is 9.98. The number of hydrogen-bond donors (Lipinski definition) is 1. The summed E-state index contributed by atoms with van der Waals surface area (Å²) >= 11 is 0. The van der Waals surface area contributed by atoms with E-state index in [1.165, 1.54) is 11.1 Å². The van der Waals surface area contributed by atoms with Crippen molar-refractivity contribution < 1.29 is 4.79 Å². The minimum atomic E-state index is 0.183. The van der Waals surface area contributed by atoms with Gasteiger partial charge in [-0.2, -0.15) is 0 Å². The molecule has 0 unspecified atom stereocenters. The summed E-state index contributed by atoms with van der Waals surface area (Å²) < 4.78 is 0. The highest BCUT2D eigenvalue weighted by molar-refractivity contribution is 5.78. The van der Waals surface area contributed by atoms with Crippen LogP contribution in [0.5, 0.6) is 0 Å². The van der Waals surface area contributed by atoms with E-state index in [0.717, 1.165) is 25.2 Å². The minimum absolute atomic E-state index is 0.183. The van der Waals surface area contributed by atoms with Crippen LogP contribution in [0.3, 0.4) is 0 Å². The quantitative estimate of drug-likeness (QED) is 0.839. The number of fused-ring (bicyclic) bond motifs is 1. The van der Waals surface area contributed by atoms with Gasteiger partial charge in [-0.25, -0.2) is 0 Å². The molecule has 0 saturated heterocycles. The number of nitrogens with two attached hydrogens (primary N) is 1. The molecule has 104 valence electrons. The lowest BCUT2D eigenvalue weighted by Crippen LogP contribution is -2.43. The maximum atomic E-state index is 12.1. The van der Waals surface area contributed by atoms with E-state index in [4.69, 9.17) is 5.73 Å². The third-order valence-corrected chi connectivity index (χ3v) is 3.91. The van der Waals surface area contributed by atoms with Crippen LogP contribution < -0.4 is 5.73 Å². The van der Waals surface area contributed by atoms with Gasteiger partial charge in [0.15, 0.2) is 0 Å². The largest absolute Gasteiger partial charge is 0.398 e. The molecule has 0 saturated carbocycles. The summed E-state index contributed by atoms with van der Waals surface area (Å²) in [6, 6.07) is 6.29. The van der Waals surface area contributed by atoms with E-state index in [1.54, 1.807) is 4.90 Å². The lowest BCUT2D eigenvalue weighted by Gasteiger charge is -2.31. The Hall–Kier alpha value is -1.55. The van der Waals surface area contributed by atoms with Crippen molar-refractivity contribution in [3.63, 3.8) is 0 Å². The summed E-state index contributed by atoms with van der Waals surface area (Å²) in [6.07, 6.45) is 0.931. The fourth-order valence-corrected chi connectivity index (χ4v) is 2.42. The van der Waals surface area contributed by atoms with Gasteiger partial charge in [-0.3, -0.25) is 9.69 Å². The molecule has 0 aliphatic carbocycles. The maximum absolute atomic E-state index is 12.1. The van der Waals surface area contributed by atoms with Crippen LogP contribution >= 0.6 is 0 Å². The zero-order chi connectivity index (χ0) is 14.0. The van der Waals surface area contributed by atoms with E-state index in [2.05, 4.69) is 11.0 Å². The summed E-state index contributed by atoms with van der Waals surface area (Å²) in [7, 11) is 1.86. The molecule has 4 nitrogen and oxygen atoms in total. The summed E-state index contributed by atoms with van der Waals surface area (Å²) in [5, 5.41) is 0. The van der Waals surface area contributed by atoms with E-state index in [-0.39, 0.29) is 11.9 Å². The Morgan fingerprint density at radius 3 is 2.89 bits per heavy atom. The molecule has 0 bridgehead atoms. The van der Waals surface area contributed by atoms with E-state index in [1.807, 2.05) is 33.0 Å². The van der Waals surface area contributed by atoms with Crippen molar-refractivity contribution in [3.8, 4) is 0 Å². The highest BCUT2D eigenvalue weighted by Gasteiger charge is 2.21. The second kappa shape index (κ2) is 5.61. The van der Waals surface area contributed by atoms with Crippen LogP contribution in [-0.4, -0.2) is 41.9 Å². The van der Waals surface area contributed by atoms with Gasteiger partial charge in [-0.1, -0.05) is 12.1 Å². The van der Waals surface area contributed by atoms with Crippen LogP contribution in [0.1, 0.15) is 25.0 Å². The van der Waals surface area contributed by atoms with Gasteiger partial charge in [0.05, 0.1) is 6.54 Å². The molecule has 2 N–H and O–H groups in total. The van der Waals surface area contributed by atoms with E-state index in [9.17, 15) is 4.79 Å². The number of hydrogen-bond acceptors (Lipinski definition) is 3. The number of benzene rings is 1. The van der Waals surface area contributed by atoms with E-state index < -0.39 is 0 Å². The van der Waals surface area contributed by atoms with Gasteiger partial charge in [0.2, 0.25) is 5.91 Å². The monoisotopic (exact) mass is 261 g/mol. The highest BCUT2D eigenvalue weighted by atomic mass is 16.2. The Morgan fingerprint density at radius 1 is 1.47 bits per heavy atom. The third-order valence-electron chi connectivity index (χ3n) is 3.91. The first-order valence-corrected chi connectivity index (χ1v) is 6.83. The van der Waals surface area contributed by atoms with E-state index in [0.29, 0.717) is 6.54 Å². The van der Waals surface area contributed by atoms with Gasteiger partial charge >= 0.3 is 0 Å². The van der Waals surface area contributed by atoms with Crippen molar-refractivity contribution in [2.24, 2.45) is 0 Å². The Bertz CT molecular complexity index is 470. The standard InChI is InChI=1S/C15H23N3O/c1-11(2)17(3)15(19)10-18-8-7-13-12(9-18)5-4-6-14(13)16/h4-6,11H,7-10,16H2,1-3H3. The molecular formula is C15H23N3O. The predicted molar refractivity (Wildman–Crippen MR) is 77.7 cm³/mol. The Kier molecular flexibility index (Phi) is 4.10. The van der Waals surface area contributed by atoms with Crippen LogP contribution in [0.15, 0.2) is 18.2 Å². The molecule has 4 heteroatoms. The molecule has 1 heterocycles. The minimum Gasteiger partial charge on any atom is -0.398 e. The summed E-state index contributed by atoms with van der Waals surface area (Å²) in [5.41, 5.74) is 9.37. The molecule has 2 rings (SSSR count). The molecular weight excluding hydrogens is 238 g/mol. The molecule has 19 heavy (non-hydrogen) atoms. The molecule has 1 amide bonds. The van der Waals surface area contributed by atoms with Crippen molar-refractivity contribution >= 4 is 11.6 Å². The number of likely N-dealkylation sites (N-methyl/N-ethyl adjacent to an activating group) is 1. The zero-order valence-corrected chi connectivity index (χ0v) is 12.0. The first-order chi connectivity index (χ1) is 8.99. The van der Waals surface area contributed by atoms with E-state index >= 15 is 0 Å². The third kappa shape index (κ3) is 3.07. The number of carbonyl (C=O) groups excluding carboxylic acids is 1. The van der Waals surface area contributed by atoms with Crippen molar-refractivity contribution in [1.29, 1.82) is 0 Å². The molecule has 0 atom stereocenters. The molecule has 0 fully saturated rings. The predicted octanol–water partition coefficient (Wildman–Crippen LogP) is 1.49. The average molecular weight is 261 g/mol. The first kappa shape index (κ1) is 13.9. The molecule has 1 aromatic carbocycles. The number of amides is 1. The Morgan fingerprint density at radius 2 is 2.21 bits per heavy atom. The van der Waals surface area contributed by atoms with Crippen LogP contribution in [0.25, 0.3) is 0 Å². The van der Waals surface area contributed by atoms with Gasteiger partial charge in [-0.05, 0) is 37.5 Å². The second-order valence-corrected chi connectivity index (χ2v) is 5.54. The Balaban J connectivity index is 2.01. The van der Waals surface area contributed by atoms with Crippen LogP contribution in [0.2, 0.25) is 0 Å². The summed E-state index contributed by atoms with van der Waals surface area (Å²) in [5.74, 6) is 0.183. The molecule has 1 aliphatic rings. The first-order valence-electron chi connectivity index (χ1n) is 6.83. The van der Waals surface area contributed by atoms with Gasteiger partial charge in [0.25, 0.3) is 0 Å². The summed E-state index contributed by atoms with van der Waals surface area (Å²) in [4.78, 5) is 16.1. The fraction of sp³-hybridized carbons (Fsp3) is 0.533. The SMILES string of the molecule is CC(C)N(C)C(=O)CN1CCc2c(N)cccc2C1. The zero-order valence-electron chi connectivity index (χ0n) is 12.0. The van der Waals surface area contributed by atoms with Gasteiger partial charge in [0, 0.05) is 31.9 Å². The van der Waals surface area contributed by atoms with Crippen molar-refractivity contribution in [2.75, 3.05) is 25.9 Å². The topological polar surface area (TPSA) is 49.6 Å². The number of nitrogen functional groups attached to an aromatic ring is 1. The number of anilines is 1. The van der Waals surface area contributed by atoms with Gasteiger partial charge < -0.3 is 10.6 Å². The number of nitrogens with zero attached hydrogens (tertiary/aromatic N) is 2. The average Bonchev–Trinajstić information content (AvgIpc) is 2.37. The molecule has 1 aromatic rings. The molecule has 0 spiro atoms. The smallest absolute Gasteiger partial charge is 0.236 e. The van der Waals surface area contributed by atoms with Crippen molar-refractivity contribution in [3.05, 3.63) is 29.3 Å². The number of carbonyl (C=O) groups is 1. The summed E-state index contributed by atoms with van der Waals surface area (Å²) in [6.45, 7) is 6.27. The molecule has 1 aliphatic heterocycles. The second-order valence-electron chi connectivity index (χ2n) is 5.54. The lowest BCUT2D eigenvalue weighted by molar-refractivity contribution is -0.132. The maximum Gasteiger partial charge on any atom is 0.236 e. The van der Waals surface area contributed by atoms with Gasteiger partial charge in [-0.15, -0.1) is 0 Å². The van der Waals surface area contributed by atoms with Crippen LogP contribution in [0, 0.1) is 0 Å². The Labute approximate surface area is 115 Å². The van der Waals surface area contributed by atoms with Crippen LogP contribution in [0.4, 0.5) is 5.69 Å². The fourth-order valence-electron chi connectivity index (χ4n) is 2.42. The van der Waals surface area contributed by atoms with Crippen LogP contribution in [-0.2, 0) is 17.8 Å². The molecule has 0 radical (unpaired) electrons. The normalized spacial score (nSPS) is 15.4. The van der Waals surface area contributed by atoms with Gasteiger partial charge in [0.1, 0.15) is 0 Å². The highest BCUT2D eigenvalue weighted by Crippen LogP contribution is 2.23. The van der Waals surface area contributed by atoms with Crippen molar-refractivity contribution in [1.82, 2.24) is 9.80 Å². The number of rotatable bonds is 3. The van der Waals surface area contributed by atoms with Crippen molar-refractivity contribution in [2.45, 2.75) is 32.9 Å². The molecule has 0 aromatic heterocycles.